The molecule has 0 aliphatic carbocycles. The van der Waals surface area contributed by atoms with E-state index in [1.54, 1.807) is 79.9 Å². The summed E-state index contributed by atoms with van der Waals surface area (Å²) in [6, 6.07) is 17.0. The molecule has 0 spiro atoms. The lowest BCUT2D eigenvalue weighted by molar-refractivity contribution is -0.234. The topological polar surface area (TPSA) is 119 Å². The first kappa shape index (κ1) is 26.0. The summed E-state index contributed by atoms with van der Waals surface area (Å²) in [6.45, 7) is 3.38. The largest absolute Gasteiger partial charge is 0.461 e. The Kier molecular flexibility index (Phi) is 7.52. The van der Waals surface area contributed by atoms with Crippen molar-refractivity contribution in [2.45, 2.75) is 44.2 Å². The smallest absolute Gasteiger partial charge is 0.357 e. The quantitative estimate of drug-likeness (QED) is 0.309. The molecule has 5 rings (SSSR count). The van der Waals surface area contributed by atoms with E-state index in [1.807, 2.05) is 0 Å². The van der Waals surface area contributed by atoms with E-state index in [0.717, 1.165) is 0 Å². The normalized spacial score (nSPS) is 25.9. The number of aromatic nitrogens is 1. The molecule has 3 heterocycles. The fourth-order valence-electron chi connectivity index (χ4n) is 4.16. The molecule has 3 aromatic rings. The molecule has 0 radical (unpaired) electrons. The highest BCUT2D eigenvalue weighted by molar-refractivity contribution is 7.10. The van der Waals surface area contributed by atoms with Crippen LogP contribution >= 0.6 is 11.3 Å². The molecule has 0 bridgehead atoms. The lowest BCUT2D eigenvalue weighted by Crippen LogP contribution is -2.40. The summed E-state index contributed by atoms with van der Waals surface area (Å²) in [7, 11) is 0. The highest BCUT2D eigenvalue weighted by Gasteiger charge is 2.59. The monoisotopic (exact) mass is 539 g/mol. The van der Waals surface area contributed by atoms with Crippen LogP contribution in [0.1, 0.15) is 50.1 Å². The molecule has 2 aliphatic heterocycles. The molecule has 0 amide bonds. The molecule has 198 valence electrons. The van der Waals surface area contributed by atoms with Gasteiger partial charge in [-0.1, -0.05) is 36.4 Å². The van der Waals surface area contributed by atoms with Gasteiger partial charge >= 0.3 is 17.9 Å². The van der Waals surface area contributed by atoms with Gasteiger partial charge in [0.1, 0.15) is 12.7 Å². The van der Waals surface area contributed by atoms with E-state index >= 15 is 0 Å². The van der Waals surface area contributed by atoms with Crippen molar-refractivity contribution < 1.29 is 42.8 Å². The van der Waals surface area contributed by atoms with Gasteiger partial charge in [0.15, 0.2) is 29.2 Å². The van der Waals surface area contributed by atoms with E-state index in [2.05, 4.69) is 4.98 Å². The van der Waals surface area contributed by atoms with Crippen molar-refractivity contribution in [3.8, 4) is 0 Å². The maximum atomic E-state index is 12.9. The molecule has 5 atom stereocenters. The Labute approximate surface area is 222 Å². The summed E-state index contributed by atoms with van der Waals surface area (Å²) in [5.74, 6) is -3.05. The van der Waals surface area contributed by atoms with E-state index < -0.39 is 48.3 Å². The van der Waals surface area contributed by atoms with Gasteiger partial charge in [-0.3, -0.25) is 0 Å². The number of hydrogen-bond acceptors (Lipinski definition) is 11. The molecule has 0 saturated carbocycles. The number of carbonyl (C=O) groups excluding carboxylic acids is 3. The van der Waals surface area contributed by atoms with Crippen molar-refractivity contribution in [2.24, 2.45) is 0 Å². The number of esters is 3. The zero-order valence-electron chi connectivity index (χ0n) is 20.6. The van der Waals surface area contributed by atoms with Crippen LogP contribution in [-0.4, -0.2) is 60.7 Å². The lowest BCUT2D eigenvalue weighted by Gasteiger charge is -2.26. The molecule has 10 nitrogen and oxygen atoms in total. The van der Waals surface area contributed by atoms with Crippen molar-refractivity contribution in [2.75, 3.05) is 13.2 Å². The minimum Gasteiger partial charge on any atom is -0.461 e. The van der Waals surface area contributed by atoms with Gasteiger partial charge in [0, 0.05) is 5.38 Å². The van der Waals surface area contributed by atoms with Crippen LogP contribution in [0.15, 0.2) is 66.0 Å². The average molecular weight is 540 g/mol. The van der Waals surface area contributed by atoms with Gasteiger partial charge < -0.3 is 28.4 Å². The number of thiazole rings is 1. The molecule has 2 saturated heterocycles. The fraction of sp³-hybridized carbons (Fsp3) is 0.333. The summed E-state index contributed by atoms with van der Waals surface area (Å²) in [5, 5.41) is 1.93. The van der Waals surface area contributed by atoms with E-state index in [-0.39, 0.29) is 18.9 Å². The zero-order valence-corrected chi connectivity index (χ0v) is 21.4. The van der Waals surface area contributed by atoms with E-state index in [1.165, 1.54) is 11.3 Å². The van der Waals surface area contributed by atoms with Gasteiger partial charge in [-0.2, -0.15) is 0 Å². The molecule has 38 heavy (non-hydrogen) atoms. The maximum Gasteiger partial charge on any atom is 0.357 e. The Morgan fingerprint density at radius 3 is 2.24 bits per heavy atom. The Bertz CT molecular complexity index is 1300. The van der Waals surface area contributed by atoms with Crippen molar-refractivity contribution in [3.63, 3.8) is 0 Å². The Morgan fingerprint density at radius 2 is 1.58 bits per heavy atom. The Hall–Kier alpha value is -3.64. The number of benzene rings is 2. The van der Waals surface area contributed by atoms with Crippen molar-refractivity contribution in [1.29, 1.82) is 0 Å². The first-order valence-corrected chi connectivity index (χ1v) is 12.9. The molecule has 11 heteroatoms. The minimum atomic E-state index is -1.37. The third-order valence-corrected chi connectivity index (χ3v) is 7.01. The summed E-state index contributed by atoms with van der Waals surface area (Å²) in [4.78, 5) is 41.8. The summed E-state index contributed by atoms with van der Waals surface area (Å²) in [5.41, 5.74) is 0.859. The van der Waals surface area contributed by atoms with Gasteiger partial charge in [-0.25, -0.2) is 19.4 Å². The van der Waals surface area contributed by atoms with Gasteiger partial charge in [0.2, 0.25) is 5.79 Å². The molecular weight excluding hydrogens is 514 g/mol. The molecule has 2 aliphatic rings. The molecule has 1 aromatic heterocycles. The molecule has 0 unspecified atom stereocenters. The number of fused-ring (bicyclic) bond motifs is 1. The standard InChI is InChI=1S/C27H25NO9S/c1-3-32-24(31)18-15-38-26(28-18)27(2)36-21-20(35-23(30)17-12-8-5-9-13-17)19(34-25(21)37-27)14-33-22(29)16-10-6-4-7-11-16/h4-13,15,19-21,25H,3,14H2,1-2H3/t19-,20+,21-,25-,27+/m1/s1. The Balaban J connectivity index is 1.33. The van der Waals surface area contributed by atoms with Crippen LogP contribution in [0.4, 0.5) is 0 Å². The van der Waals surface area contributed by atoms with Crippen molar-refractivity contribution >= 4 is 29.2 Å². The third kappa shape index (κ3) is 5.32. The highest BCUT2D eigenvalue weighted by atomic mass is 32.1. The van der Waals surface area contributed by atoms with Crippen LogP contribution in [0.5, 0.6) is 0 Å². The first-order valence-electron chi connectivity index (χ1n) is 12.0. The third-order valence-electron chi connectivity index (χ3n) is 5.99. The van der Waals surface area contributed by atoms with Crippen molar-refractivity contribution in [1.82, 2.24) is 4.98 Å². The van der Waals surface area contributed by atoms with E-state index in [0.29, 0.717) is 16.1 Å². The van der Waals surface area contributed by atoms with Crippen LogP contribution < -0.4 is 0 Å². The molecule has 2 fully saturated rings. The van der Waals surface area contributed by atoms with Crippen molar-refractivity contribution in [3.05, 3.63) is 87.9 Å². The van der Waals surface area contributed by atoms with Crippen LogP contribution in [0.2, 0.25) is 0 Å². The zero-order chi connectivity index (χ0) is 26.7. The molecule has 0 N–H and O–H groups in total. The first-order chi connectivity index (χ1) is 18.4. The number of carbonyl (C=O) groups is 3. The van der Waals surface area contributed by atoms with Crippen LogP contribution in [-0.2, 0) is 34.2 Å². The second-order valence-corrected chi connectivity index (χ2v) is 9.51. The summed E-state index contributed by atoms with van der Waals surface area (Å²) < 4.78 is 34.6. The summed E-state index contributed by atoms with van der Waals surface area (Å²) >= 11 is 1.17. The van der Waals surface area contributed by atoms with Crippen LogP contribution in [0.25, 0.3) is 0 Å². The highest BCUT2D eigenvalue weighted by Crippen LogP contribution is 2.45. The van der Waals surface area contributed by atoms with Gasteiger partial charge in [0.05, 0.1) is 17.7 Å². The predicted octanol–water partition coefficient (Wildman–Crippen LogP) is 3.72. The maximum absolute atomic E-state index is 12.9. The molecular formula is C27H25NO9S. The predicted molar refractivity (Wildman–Crippen MR) is 132 cm³/mol. The lowest BCUT2D eigenvalue weighted by atomic mass is 10.1. The van der Waals surface area contributed by atoms with Gasteiger partial charge in [0.25, 0.3) is 0 Å². The second kappa shape index (κ2) is 11.0. The number of rotatable bonds is 8. The fourth-order valence-corrected chi connectivity index (χ4v) is 4.99. The van der Waals surface area contributed by atoms with Gasteiger partial charge in [-0.15, -0.1) is 11.3 Å². The SMILES string of the molecule is CCOC(=O)c1csc([C@]2(C)O[C@H]3O[C@H](COC(=O)c4ccccc4)[C@H](OC(=O)c4ccccc4)[C@H]3O2)n1. The second-order valence-electron chi connectivity index (χ2n) is 8.65. The average Bonchev–Trinajstić information content (AvgIpc) is 3.63. The van der Waals surface area contributed by atoms with Crippen LogP contribution in [0, 0.1) is 0 Å². The van der Waals surface area contributed by atoms with E-state index in [4.69, 9.17) is 28.4 Å². The molecule has 2 aromatic carbocycles. The van der Waals surface area contributed by atoms with Crippen LogP contribution in [0.3, 0.4) is 0 Å². The van der Waals surface area contributed by atoms with Gasteiger partial charge in [-0.05, 0) is 38.1 Å². The minimum absolute atomic E-state index is 0.135. The number of ether oxygens (including phenoxy) is 6. The Morgan fingerprint density at radius 1 is 0.921 bits per heavy atom. The summed E-state index contributed by atoms with van der Waals surface area (Å²) in [6.07, 6.45) is -3.59. The number of nitrogens with zero attached hydrogens (tertiary/aromatic N) is 1. The van der Waals surface area contributed by atoms with E-state index in [9.17, 15) is 14.4 Å². The number of hydrogen-bond donors (Lipinski definition) is 0.